The smallest absolute Gasteiger partial charge is 0.142 e. The van der Waals surface area contributed by atoms with Crippen molar-refractivity contribution in [3.05, 3.63) is 23.8 Å². The number of para-hydroxylation sites is 1. The molecule has 1 aliphatic heterocycles. The highest BCUT2D eigenvalue weighted by molar-refractivity contribution is 5.59. The number of nitrogen functional groups attached to an aromatic ring is 1. The van der Waals surface area contributed by atoms with Crippen LogP contribution in [0, 0.1) is 0 Å². The third-order valence-corrected chi connectivity index (χ3v) is 3.06. The summed E-state index contributed by atoms with van der Waals surface area (Å²) < 4.78 is 5.23. The molecule has 1 aromatic rings. The van der Waals surface area contributed by atoms with Crippen LogP contribution in [0.5, 0.6) is 5.75 Å². The summed E-state index contributed by atoms with van der Waals surface area (Å²) in [6.45, 7) is 2.15. The van der Waals surface area contributed by atoms with Crippen LogP contribution in [-0.2, 0) is 0 Å². The van der Waals surface area contributed by atoms with Crippen molar-refractivity contribution in [1.82, 2.24) is 5.32 Å². The Kier molecular flexibility index (Phi) is 3.11. The Morgan fingerprint density at radius 1 is 1.47 bits per heavy atom. The number of benzene rings is 1. The Hall–Kier alpha value is -1.22. The van der Waals surface area contributed by atoms with Crippen LogP contribution in [0.1, 0.15) is 24.3 Å². The summed E-state index contributed by atoms with van der Waals surface area (Å²) in [4.78, 5) is 0. The van der Waals surface area contributed by atoms with E-state index in [-0.39, 0.29) is 0 Å². The second kappa shape index (κ2) is 4.53. The van der Waals surface area contributed by atoms with Gasteiger partial charge in [-0.1, -0.05) is 12.1 Å². The van der Waals surface area contributed by atoms with Crippen LogP contribution in [0.15, 0.2) is 18.2 Å². The fourth-order valence-electron chi connectivity index (χ4n) is 2.21. The zero-order chi connectivity index (χ0) is 10.7. The van der Waals surface area contributed by atoms with Gasteiger partial charge in [0.25, 0.3) is 0 Å². The Balaban J connectivity index is 2.26. The Morgan fingerprint density at radius 2 is 2.33 bits per heavy atom. The molecule has 3 heteroatoms. The molecule has 2 rings (SSSR count). The highest BCUT2D eigenvalue weighted by Crippen LogP contribution is 2.33. The average Bonchev–Trinajstić information content (AvgIpc) is 2.30. The lowest BCUT2D eigenvalue weighted by molar-refractivity contribution is 0.414. The summed E-state index contributed by atoms with van der Waals surface area (Å²) in [5, 5.41) is 3.40. The maximum absolute atomic E-state index is 6.07. The van der Waals surface area contributed by atoms with Crippen LogP contribution in [-0.4, -0.2) is 20.2 Å². The molecule has 0 radical (unpaired) electrons. The summed E-state index contributed by atoms with van der Waals surface area (Å²) in [5.74, 6) is 1.33. The standard InChI is InChI=1S/C12H18N2O/c1-15-11-6-2-5-10(12(11)13)9-4-3-7-14-8-9/h2,5-6,9,14H,3-4,7-8,13H2,1H3. The number of hydrogen-bond acceptors (Lipinski definition) is 3. The zero-order valence-corrected chi connectivity index (χ0v) is 9.12. The van der Waals surface area contributed by atoms with E-state index in [1.54, 1.807) is 7.11 Å². The average molecular weight is 206 g/mol. The fraction of sp³-hybridized carbons (Fsp3) is 0.500. The summed E-state index contributed by atoms with van der Waals surface area (Å²) in [7, 11) is 1.66. The largest absolute Gasteiger partial charge is 0.495 e. The molecule has 0 bridgehead atoms. The molecule has 3 N–H and O–H groups in total. The van der Waals surface area contributed by atoms with E-state index in [1.165, 1.54) is 18.4 Å². The number of nitrogens with one attached hydrogen (secondary N) is 1. The number of ether oxygens (including phenoxy) is 1. The van der Waals surface area contributed by atoms with Crippen LogP contribution in [0.4, 0.5) is 5.69 Å². The summed E-state index contributed by atoms with van der Waals surface area (Å²) >= 11 is 0. The third-order valence-electron chi connectivity index (χ3n) is 3.06. The van der Waals surface area contributed by atoms with Crippen molar-refractivity contribution >= 4 is 5.69 Å². The lowest BCUT2D eigenvalue weighted by atomic mass is 9.90. The fourth-order valence-corrected chi connectivity index (χ4v) is 2.21. The van der Waals surface area contributed by atoms with Gasteiger partial charge in [0.15, 0.2) is 0 Å². The van der Waals surface area contributed by atoms with E-state index in [1.807, 2.05) is 12.1 Å². The topological polar surface area (TPSA) is 47.3 Å². The van der Waals surface area contributed by atoms with Gasteiger partial charge in [-0.3, -0.25) is 0 Å². The van der Waals surface area contributed by atoms with Crippen molar-refractivity contribution in [3.63, 3.8) is 0 Å². The molecule has 0 saturated carbocycles. The van der Waals surface area contributed by atoms with E-state index in [0.29, 0.717) is 5.92 Å². The number of rotatable bonds is 2. The summed E-state index contributed by atoms with van der Waals surface area (Å²) in [6.07, 6.45) is 2.44. The number of nitrogens with two attached hydrogens (primary N) is 1. The van der Waals surface area contributed by atoms with Gasteiger partial charge in [0.2, 0.25) is 0 Å². The first-order valence-electron chi connectivity index (χ1n) is 5.46. The van der Waals surface area contributed by atoms with Gasteiger partial charge >= 0.3 is 0 Å². The van der Waals surface area contributed by atoms with Crippen molar-refractivity contribution < 1.29 is 4.74 Å². The van der Waals surface area contributed by atoms with Crippen molar-refractivity contribution in [2.45, 2.75) is 18.8 Å². The normalized spacial score (nSPS) is 21.3. The zero-order valence-electron chi connectivity index (χ0n) is 9.12. The maximum atomic E-state index is 6.07. The van der Waals surface area contributed by atoms with Gasteiger partial charge in [-0.2, -0.15) is 0 Å². The predicted octanol–water partition coefficient (Wildman–Crippen LogP) is 1.74. The Morgan fingerprint density at radius 3 is 3.00 bits per heavy atom. The molecule has 0 aromatic heterocycles. The Bertz CT molecular complexity index is 332. The second-order valence-electron chi connectivity index (χ2n) is 4.01. The molecule has 1 saturated heterocycles. The summed E-state index contributed by atoms with van der Waals surface area (Å²) in [6, 6.07) is 6.03. The van der Waals surface area contributed by atoms with E-state index < -0.39 is 0 Å². The molecule has 3 nitrogen and oxygen atoms in total. The quantitative estimate of drug-likeness (QED) is 0.725. The van der Waals surface area contributed by atoms with Crippen molar-refractivity contribution in [2.24, 2.45) is 0 Å². The van der Waals surface area contributed by atoms with Crippen LogP contribution >= 0.6 is 0 Å². The predicted molar refractivity (Wildman–Crippen MR) is 62.3 cm³/mol. The van der Waals surface area contributed by atoms with E-state index in [9.17, 15) is 0 Å². The van der Waals surface area contributed by atoms with Gasteiger partial charge in [0.05, 0.1) is 12.8 Å². The molecule has 0 aliphatic carbocycles. The van der Waals surface area contributed by atoms with Gasteiger partial charge in [0, 0.05) is 6.54 Å². The van der Waals surface area contributed by atoms with E-state index >= 15 is 0 Å². The number of methoxy groups -OCH3 is 1. The first kappa shape index (κ1) is 10.3. The molecule has 82 valence electrons. The molecule has 1 aromatic carbocycles. The van der Waals surface area contributed by atoms with Gasteiger partial charge in [-0.05, 0) is 36.9 Å². The first-order valence-corrected chi connectivity index (χ1v) is 5.46. The summed E-state index contributed by atoms with van der Waals surface area (Å²) in [5.41, 5.74) is 8.10. The monoisotopic (exact) mass is 206 g/mol. The maximum Gasteiger partial charge on any atom is 0.142 e. The second-order valence-corrected chi connectivity index (χ2v) is 4.01. The highest BCUT2D eigenvalue weighted by Gasteiger charge is 2.18. The highest BCUT2D eigenvalue weighted by atomic mass is 16.5. The van der Waals surface area contributed by atoms with E-state index in [2.05, 4.69) is 11.4 Å². The Labute approximate surface area is 90.6 Å². The number of anilines is 1. The molecule has 0 amide bonds. The van der Waals surface area contributed by atoms with Gasteiger partial charge < -0.3 is 15.8 Å². The van der Waals surface area contributed by atoms with E-state index in [4.69, 9.17) is 10.5 Å². The minimum Gasteiger partial charge on any atom is -0.495 e. The van der Waals surface area contributed by atoms with E-state index in [0.717, 1.165) is 24.5 Å². The lowest BCUT2D eigenvalue weighted by Gasteiger charge is -2.24. The van der Waals surface area contributed by atoms with Crippen molar-refractivity contribution in [2.75, 3.05) is 25.9 Å². The first-order chi connectivity index (χ1) is 7.33. The minimum atomic E-state index is 0.536. The van der Waals surface area contributed by atoms with Gasteiger partial charge in [-0.15, -0.1) is 0 Å². The van der Waals surface area contributed by atoms with Crippen molar-refractivity contribution in [1.29, 1.82) is 0 Å². The minimum absolute atomic E-state index is 0.536. The number of hydrogen-bond donors (Lipinski definition) is 2. The molecule has 1 heterocycles. The molecule has 1 atom stereocenters. The number of piperidine rings is 1. The van der Waals surface area contributed by atoms with Gasteiger partial charge in [-0.25, -0.2) is 0 Å². The molecule has 1 unspecified atom stereocenters. The van der Waals surface area contributed by atoms with Crippen LogP contribution in [0.2, 0.25) is 0 Å². The molecule has 0 spiro atoms. The SMILES string of the molecule is COc1cccc(C2CCCNC2)c1N. The molecular formula is C12H18N2O. The molecule has 1 fully saturated rings. The molecule has 15 heavy (non-hydrogen) atoms. The third kappa shape index (κ3) is 2.07. The van der Waals surface area contributed by atoms with Crippen LogP contribution in [0.25, 0.3) is 0 Å². The lowest BCUT2D eigenvalue weighted by Crippen LogP contribution is -2.28. The molecule has 1 aliphatic rings. The van der Waals surface area contributed by atoms with Crippen LogP contribution < -0.4 is 15.8 Å². The van der Waals surface area contributed by atoms with Gasteiger partial charge in [0.1, 0.15) is 5.75 Å². The van der Waals surface area contributed by atoms with Crippen molar-refractivity contribution in [3.8, 4) is 5.75 Å². The van der Waals surface area contributed by atoms with Crippen LogP contribution in [0.3, 0.4) is 0 Å². The molecular weight excluding hydrogens is 188 g/mol.